The van der Waals surface area contributed by atoms with Crippen molar-refractivity contribution in [2.45, 2.75) is 32.7 Å². The van der Waals surface area contributed by atoms with Crippen LogP contribution in [0.1, 0.15) is 52.9 Å². The van der Waals surface area contributed by atoms with E-state index >= 15 is 0 Å². The normalized spacial score (nSPS) is 12.3. The summed E-state index contributed by atoms with van der Waals surface area (Å²) in [5, 5.41) is 3.50. The van der Waals surface area contributed by atoms with E-state index in [9.17, 15) is 9.59 Å². The second-order valence-electron chi connectivity index (χ2n) is 7.02. The first-order chi connectivity index (χ1) is 12.9. The second kappa shape index (κ2) is 7.76. The first-order valence-corrected chi connectivity index (χ1v) is 9.04. The van der Waals surface area contributed by atoms with Gasteiger partial charge in [0, 0.05) is 18.0 Å². The van der Waals surface area contributed by atoms with E-state index in [0.29, 0.717) is 17.1 Å². The quantitative estimate of drug-likeness (QED) is 0.677. The molecule has 3 aromatic rings. The Morgan fingerprint density at radius 3 is 2.37 bits per heavy atom. The highest BCUT2D eigenvalue weighted by molar-refractivity contribution is 5.99. The molecule has 1 unspecified atom stereocenters. The summed E-state index contributed by atoms with van der Waals surface area (Å²) >= 11 is 0. The lowest BCUT2D eigenvalue weighted by molar-refractivity contribution is 0.0947. The summed E-state index contributed by atoms with van der Waals surface area (Å²) < 4.78 is 5.27. The molecule has 1 heterocycles. The zero-order chi connectivity index (χ0) is 19.6. The number of nitrogens with two attached hydrogens (primary N) is 1. The van der Waals surface area contributed by atoms with Crippen molar-refractivity contribution in [2.24, 2.45) is 5.73 Å². The fourth-order valence-corrected chi connectivity index (χ4v) is 3.10. The molecule has 0 fully saturated rings. The van der Waals surface area contributed by atoms with Crippen molar-refractivity contribution in [1.82, 2.24) is 5.32 Å². The van der Waals surface area contributed by atoms with Gasteiger partial charge in [0.05, 0.1) is 0 Å². The van der Waals surface area contributed by atoms with Crippen LogP contribution in [0, 0.1) is 6.92 Å². The molecular formula is C22H24N2O3. The number of fused-ring (bicyclic) bond motifs is 1. The van der Waals surface area contributed by atoms with Crippen LogP contribution in [0.4, 0.5) is 0 Å². The summed E-state index contributed by atoms with van der Waals surface area (Å²) in [5.74, 6) is -0.0219. The number of hydrogen-bond acceptors (Lipinski definition) is 4. The monoisotopic (exact) mass is 364 g/mol. The van der Waals surface area contributed by atoms with E-state index in [0.717, 1.165) is 10.9 Å². The molecule has 0 aliphatic carbocycles. The van der Waals surface area contributed by atoms with Crippen LogP contribution in [-0.2, 0) is 0 Å². The van der Waals surface area contributed by atoms with Gasteiger partial charge in [0.1, 0.15) is 11.1 Å². The number of para-hydroxylation sites is 1. The lowest BCUT2D eigenvalue weighted by Gasteiger charge is -2.15. The Hall–Kier alpha value is -2.92. The molecule has 1 atom stereocenters. The molecular weight excluding hydrogens is 340 g/mol. The van der Waals surface area contributed by atoms with Gasteiger partial charge in [0.25, 0.3) is 5.91 Å². The van der Waals surface area contributed by atoms with Crippen molar-refractivity contribution < 1.29 is 9.21 Å². The highest BCUT2D eigenvalue weighted by Gasteiger charge is 2.19. The fourth-order valence-electron chi connectivity index (χ4n) is 3.10. The highest BCUT2D eigenvalue weighted by atomic mass is 16.4. The van der Waals surface area contributed by atoms with Crippen molar-refractivity contribution in [3.63, 3.8) is 0 Å². The van der Waals surface area contributed by atoms with E-state index in [1.54, 1.807) is 19.1 Å². The van der Waals surface area contributed by atoms with E-state index in [2.05, 4.69) is 19.2 Å². The third kappa shape index (κ3) is 3.93. The molecule has 0 aliphatic heterocycles. The fraction of sp³-hybridized carbons (Fsp3) is 0.273. The topological polar surface area (TPSA) is 85.3 Å². The Morgan fingerprint density at radius 2 is 1.70 bits per heavy atom. The molecule has 0 saturated carbocycles. The average molecular weight is 364 g/mol. The van der Waals surface area contributed by atoms with Gasteiger partial charge in [-0.15, -0.1) is 0 Å². The van der Waals surface area contributed by atoms with Gasteiger partial charge in [-0.05, 0) is 35.6 Å². The smallest absolute Gasteiger partial charge is 0.349 e. The predicted molar refractivity (Wildman–Crippen MR) is 107 cm³/mol. The van der Waals surface area contributed by atoms with Gasteiger partial charge < -0.3 is 15.5 Å². The number of amides is 1. The average Bonchev–Trinajstić information content (AvgIpc) is 2.66. The van der Waals surface area contributed by atoms with E-state index in [1.807, 2.05) is 36.4 Å². The molecule has 1 amide bonds. The van der Waals surface area contributed by atoms with E-state index in [1.165, 1.54) is 5.56 Å². The Bertz CT molecular complexity index is 1020. The summed E-state index contributed by atoms with van der Waals surface area (Å²) in [6, 6.07) is 14.8. The first kappa shape index (κ1) is 18.9. The summed E-state index contributed by atoms with van der Waals surface area (Å²) in [6.07, 6.45) is 0. The maximum absolute atomic E-state index is 12.6. The standard InChI is InChI=1S/C22H24N2O3/c1-13(2)15-8-10-16(11-9-15)18(23)12-24-21(25)20-14(3)17-6-4-5-7-19(17)27-22(20)26/h4-11,13,18H,12,23H2,1-3H3,(H,24,25). The molecule has 5 heteroatoms. The zero-order valence-electron chi connectivity index (χ0n) is 15.8. The lowest BCUT2D eigenvalue weighted by Crippen LogP contribution is -2.35. The molecule has 140 valence electrons. The van der Waals surface area contributed by atoms with E-state index in [-0.39, 0.29) is 18.2 Å². The molecule has 0 spiro atoms. The number of rotatable bonds is 5. The van der Waals surface area contributed by atoms with Gasteiger partial charge in [-0.3, -0.25) is 4.79 Å². The minimum atomic E-state index is -0.640. The Balaban J connectivity index is 1.76. The Kier molecular flexibility index (Phi) is 5.42. The second-order valence-corrected chi connectivity index (χ2v) is 7.02. The van der Waals surface area contributed by atoms with Gasteiger partial charge in [0.15, 0.2) is 0 Å². The number of aryl methyl sites for hydroxylation is 1. The van der Waals surface area contributed by atoms with Crippen molar-refractivity contribution in [3.8, 4) is 0 Å². The number of carbonyl (C=O) groups excluding carboxylic acids is 1. The van der Waals surface area contributed by atoms with E-state index < -0.39 is 11.5 Å². The molecule has 5 nitrogen and oxygen atoms in total. The zero-order valence-corrected chi connectivity index (χ0v) is 15.8. The number of hydrogen-bond donors (Lipinski definition) is 2. The van der Waals surface area contributed by atoms with Gasteiger partial charge in [-0.2, -0.15) is 0 Å². The van der Waals surface area contributed by atoms with Gasteiger partial charge >= 0.3 is 5.63 Å². The molecule has 2 aromatic carbocycles. The molecule has 1 aromatic heterocycles. The third-order valence-electron chi connectivity index (χ3n) is 4.81. The van der Waals surface area contributed by atoms with Gasteiger partial charge in [0.2, 0.25) is 0 Å². The largest absolute Gasteiger partial charge is 0.422 e. The molecule has 0 aliphatic rings. The minimum absolute atomic E-state index is 0.0241. The molecule has 0 radical (unpaired) electrons. The van der Waals surface area contributed by atoms with Crippen LogP contribution in [-0.4, -0.2) is 12.5 Å². The van der Waals surface area contributed by atoms with Crippen LogP contribution < -0.4 is 16.7 Å². The van der Waals surface area contributed by atoms with Gasteiger partial charge in [-0.25, -0.2) is 4.79 Å². The molecule has 3 rings (SSSR count). The molecule has 0 bridgehead atoms. The summed E-state index contributed by atoms with van der Waals surface area (Å²) in [7, 11) is 0. The van der Waals surface area contributed by atoms with Crippen LogP contribution >= 0.6 is 0 Å². The summed E-state index contributed by atoms with van der Waals surface area (Å²) in [6.45, 7) is 6.24. The third-order valence-corrected chi connectivity index (χ3v) is 4.81. The first-order valence-electron chi connectivity index (χ1n) is 9.04. The maximum Gasteiger partial charge on any atom is 0.349 e. The minimum Gasteiger partial charge on any atom is -0.422 e. The number of carbonyl (C=O) groups is 1. The van der Waals surface area contributed by atoms with Crippen molar-refractivity contribution in [3.05, 3.63) is 81.2 Å². The number of benzene rings is 2. The summed E-state index contributed by atoms with van der Waals surface area (Å²) in [5.41, 5.74) is 8.83. The predicted octanol–water partition coefficient (Wildman–Crippen LogP) is 3.65. The van der Waals surface area contributed by atoms with Crippen LogP contribution in [0.25, 0.3) is 11.0 Å². The van der Waals surface area contributed by atoms with Crippen LogP contribution in [0.2, 0.25) is 0 Å². The van der Waals surface area contributed by atoms with Crippen LogP contribution in [0.3, 0.4) is 0 Å². The Morgan fingerprint density at radius 1 is 1.07 bits per heavy atom. The van der Waals surface area contributed by atoms with Crippen molar-refractivity contribution >= 4 is 16.9 Å². The lowest BCUT2D eigenvalue weighted by atomic mass is 9.99. The Labute approximate surface area is 158 Å². The van der Waals surface area contributed by atoms with Crippen molar-refractivity contribution in [1.29, 1.82) is 0 Å². The van der Waals surface area contributed by atoms with Crippen LogP contribution in [0.5, 0.6) is 0 Å². The molecule has 0 saturated heterocycles. The van der Waals surface area contributed by atoms with E-state index in [4.69, 9.17) is 10.2 Å². The highest BCUT2D eigenvalue weighted by Crippen LogP contribution is 2.20. The van der Waals surface area contributed by atoms with Crippen LogP contribution in [0.15, 0.2) is 57.7 Å². The maximum atomic E-state index is 12.6. The van der Waals surface area contributed by atoms with Gasteiger partial charge in [-0.1, -0.05) is 56.3 Å². The SMILES string of the molecule is Cc1c(C(=O)NCC(N)c2ccc(C(C)C)cc2)c(=O)oc2ccccc12. The van der Waals surface area contributed by atoms with Crippen molar-refractivity contribution in [2.75, 3.05) is 6.54 Å². The molecule has 27 heavy (non-hydrogen) atoms. The molecule has 3 N–H and O–H groups in total. The number of nitrogens with one attached hydrogen (secondary N) is 1. The summed E-state index contributed by atoms with van der Waals surface area (Å²) in [4.78, 5) is 24.8.